The largest absolute Gasteiger partial charge is 0.316 e. The molecular formula is C9H19N. The van der Waals surface area contributed by atoms with Gasteiger partial charge in [-0.05, 0) is 30.7 Å². The van der Waals surface area contributed by atoms with E-state index in [-0.39, 0.29) is 0 Å². The van der Waals surface area contributed by atoms with Gasteiger partial charge < -0.3 is 5.32 Å². The van der Waals surface area contributed by atoms with Gasteiger partial charge in [0.2, 0.25) is 0 Å². The second kappa shape index (κ2) is 2.91. The minimum absolute atomic E-state index is 0.621. The van der Waals surface area contributed by atoms with Crippen LogP contribution in [0.15, 0.2) is 0 Å². The highest BCUT2D eigenvalue weighted by molar-refractivity contribution is 4.90. The van der Waals surface area contributed by atoms with E-state index in [9.17, 15) is 0 Å². The topological polar surface area (TPSA) is 12.0 Å². The third-order valence-electron chi connectivity index (χ3n) is 3.12. The Morgan fingerprint density at radius 2 is 2.30 bits per heavy atom. The quantitative estimate of drug-likeness (QED) is 0.634. The Labute approximate surface area is 64.2 Å². The Kier molecular flexibility index (Phi) is 2.35. The van der Waals surface area contributed by atoms with Crippen molar-refractivity contribution in [2.75, 3.05) is 13.1 Å². The van der Waals surface area contributed by atoms with Gasteiger partial charge in [0.15, 0.2) is 0 Å². The van der Waals surface area contributed by atoms with Crippen molar-refractivity contribution >= 4 is 0 Å². The Morgan fingerprint density at radius 1 is 1.60 bits per heavy atom. The summed E-state index contributed by atoms with van der Waals surface area (Å²) in [5, 5.41) is 3.42. The molecule has 0 saturated heterocycles. The first kappa shape index (κ1) is 8.06. The molecule has 1 aliphatic carbocycles. The van der Waals surface area contributed by atoms with E-state index in [0.717, 1.165) is 12.5 Å². The van der Waals surface area contributed by atoms with Gasteiger partial charge in [-0.1, -0.05) is 20.8 Å². The molecule has 1 nitrogen and oxygen atoms in total. The molecule has 1 fully saturated rings. The van der Waals surface area contributed by atoms with Gasteiger partial charge in [0, 0.05) is 6.54 Å². The lowest BCUT2D eigenvalue weighted by molar-refractivity contribution is 0.0661. The van der Waals surface area contributed by atoms with Crippen LogP contribution in [0.1, 0.15) is 33.6 Å². The lowest BCUT2D eigenvalue weighted by Gasteiger charge is -2.45. The maximum atomic E-state index is 3.42. The van der Waals surface area contributed by atoms with Crippen LogP contribution in [-0.2, 0) is 0 Å². The lowest BCUT2D eigenvalue weighted by Crippen LogP contribution is -2.43. The second-order valence-electron chi connectivity index (χ2n) is 3.87. The minimum atomic E-state index is 0.621. The molecule has 0 aromatic rings. The highest BCUT2D eigenvalue weighted by Crippen LogP contribution is 2.45. The summed E-state index contributed by atoms with van der Waals surface area (Å²) >= 11 is 0. The summed E-state index contributed by atoms with van der Waals surface area (Å²) in [5.41, 5.74) is 0.621. The minimum Gasteiger partial charge on any atom is -0.316 e. The molecule has 0 amide bonds. The van der Waals surface area contributed by atoms with Crippen molar-refractivity contribution in [2.45, 2.75) is 33.6 Å². The highest BCUT2D eigenvalue weighted by Gasteiger charge is 2.38. The smallest absolute Gasteiger partial charge is 0.000760 e. The fourth-order valence-electron chi connectivity index (χ4n) is 1.60. The van der Waals surface area contributed by atoms with Gasteiger partial charge in [-0.2, -0.15) is 0 Å². The van der Waals surface area contributed by atoms with Gasteiger partial charge in [-0.15, -0.1) is 0 Å². The molecular weight excluding hydrogens is 122 g/mol. The summed E-state index contributed by atoms with van der Waals surface area (Å²) in [4.78, 5) is 0. The number of hydrogen-bond acceptors (Lipinski definition) is 1. The van der Waals surface area contributed by atoms with Crippen LogP contribution < -0.4 is 5.32 Å². The van der Waals surface area contributed by atoms with E-state index in [1.54, 1.807) is 0 Å². The Hall–Kier alpha value is -0.0400. The van der Waals surface area contributed by atoms with Crippen molar-refractivity contribution in [3.05, 3.63) is 0 Å². The van der Waals surface area contributed by atoms with Gasteiger partial charge in [-0.25, -0.2) is 0 Å². The van der Waals surface area contributed by atoms with Crippen LogP contribution in [0.2, 0.25) is 0 Å². The van der Waals surface area contributed by atoms with Crippen molar-refractivity contribution in [1.29, 1.82) is 0 Å². The summed E-state index contributed by atoms with van der Waals surface area (Å²) in [7, 11) is 0. The van der Waals surface area contributed by atoms with Gasteiger partial charge in [0.1, 0.15) is 0 Å². The standard InChI is InChI=1S/C9H19N/c1-4-10-7-9(3)6-5-8(9)2/h8,10H,4-7H2,1-3H3/t8?,9-/m0/s1. The summed E-state index contributed by atoms with van der Waals surface area (Å²) in [5.74, 6) is 0.937. The SMILES string of the molecule is CCNC[C@]1(C)CCC1C. The first-order valence-corrected chi connectivity index (χ1v) is 4.40. The molecule has 1 saturated carbocycles. The molecule has 0 bridgehead atoms. The van der Waals surface area contributed by atoms with E-state index >= 15 is 0 Å². The second-order valence-corrected chi connectivity index (χ2v) is 3.87. The maximum absolute atomic E-state index is 3.42. The monoisotopic (exact) mass is 141 g/mol. The van der Waals surface area contributed by atoms with E-state index in [2.05, 4.69) is 26.1 Å². The molecule has 0 aromatic carbocycles. The molecule has 0 aliphatic heterocycles. The summed E-state index contributed by atoms with van der Waals surface area (Å²) in [6.07, 6.45) is 2.85. The van der Waals surface area contributed by atoms with E-state index in [0.29, 0.717) is 5.41 Å². The van der Waals surface area contributed by atoms with Crippen molar-refractivity contribution < 1.29 is 0 Å². The van der Waals surface area contributed by atoms with Crippen molar-refractivity contribution in [2.24, 2.45) is 11.3 Å². The lowest BCUT2D eigenvalue weighted by atomic mass is 9.62. The summed E-state index contributed by atoms with van der Waals surface area (Å²) in [6.45, 7) is 9.25. The summed E-state index contributed by atoms with van der Waals surface area (Å²) in [6, 6.07) is 0. The molecule has 2 atom stereocenters. The fourth-order valence-corrected chi connectivity index (χ4v) is 1.60. The molecule has 0 heterocycles. The molecule has 1 heteroatoms. The zero-order valence-electron chi connectivity index (χ0n) is 7.41. The van der Waals surface area contributed by atoms with E-state index in [4.69, 9.17) is 0 Å². The van der Waals surface area contributed by atoms with Crippen molar-refractivity contribution in [3.8, 4) is 0 Å². The molecule has 0 spiro atoms. The average molecular weight is 141 g/mol. The predicted octanol–water partition coefficient (Wildman–Crippen LogP) is 2.03. The van der Waals surface area contributed by atoms with Crippen LogP contribution in [0, 0.1) is 11.3 Å². The molecule has 0 radical (unpaired) electrons. The summed E-state index contributed by atoms with van der Waals surface area (Å²) < 4.78 is 0. The van der Waals surface area contributed by atoms with E-state index in [1.165, 1.54) is 19.4 Å². The highest BCUT2D eigenvalue weighted by atomic mass is 14.9. The van der Waals surface area contributed by atoms with Crippen molar-refractivity contribution in [1.82, 2.24) is 5.32 Å². The third-order valence-corrected chi connectivity index (χ3v) is 3.12. The molecule has 1 rings (SSSR count). The predicted molar refractivity (Wildman–Crippen MR) is 45.0 cm³/mol. The first-order valence-electron chi connectivity index (χ1n) is 4.40. The molecule has 1 aliphatic rings. The molecule has 0 aromatic heterocycles. The van der Waals surface area contributed by atoms with Crippen LogP contribution >= 0.6 is 0 Å². The molecule has 1 N–H and O–H groups in total. The zero-order chi connectivity index (χ0) is 7.61. The normalized spacial score (nSPS) is 39.3. The molecule has 60 valence electrons. The number of nitrogens with one attached hydrogen (secondary N) is 1. The zero-order valence-corrected chi connectivity index (χ0v) is 7.41. The van der Waals surface area contributed by atoms with Crippen LogP contribution in [-0.4, -0.2) is 13.1 Å². The van der Waals surface area contributed by atoms with Gasteiger partial charge in [0.05, 0.1) is 0 Å². The molecule has 10 heavy (non-hydrogen) atoms. The van der Waals surface area contributed by atoms with Gasteiger partial charge in [-0.3, -0.25) is 0 Å². The van der Waals surface area contributed by atoms with Crippen LogP contribution in [0.3, 0.4) is 0 Å². The maximum Gasteiger partial charge on any atom is 0.000760 e. The van der Waals surface area contributed by atoms with Crippen LogP contribution in [0.5, 0.6) is 0 Å². The molecule has 1 unspecified atom stereocenters. The van der Waals surface area contributed by atoms with Crippen LogP contribution in [0.25, 0.3) is 0 Å². The number of hydrogen-bond donors (Lipinski definition) is 1. The Balaban J connectivity index is 2.24. The Morgan fingerprint density at radius 3 is 2.60 bits per heavy atom. The number of rotatable bonds is 3. The third kappa shape index (κ3) is 1.34. The Bertz CT molecular complexity index is 111. The van der Waals surface area contributed by atoms with E-state index < -0.39 is 0 Å². The van der Waals surface area contributed by atoms with Gasteiger partial charge >= 0.3 is 0 Å². The van der Waals surface area contributed by atoms with Crippen molar-refractivity contribution in [3.63, 3.8) is 0 Å². The fraction of sp³-hybridized carbons (Fsp3) is 1.00. The average Bonchev–Trinajstić information content (AvgIpc) is 1.97. The van der Waals surface area contributed by atoms with Crippen LogP contribution in [0.4, 0.5) is 0 Å². The van der Waals surface area contributed by atoms with E-state index in [1.807, 2.05) is 0 Å². The first-order chi connectivity index (χ1) is 4.69. The van der Waals surface area contributed by atoms with Gasteiger partial charge in [0.25, 0.3) is 0 Å².